The molecule has 1 aromatic carbocycles. The molecule has 1 aromatic heterocycles. The second-order valence-electron chi connectivity index (χ2n) is 11.9. The number of aromatic nitrogens is 1. The molecular formula is C29H36F2N4O3. The highest BCUT2D eigenvalue weighted by atomic mass is 19.3. The fraction of sp³-hybridized carbons (Fsp3) is 0.586. The molecule has 4 heterocycles. The van der Waals surface area contributed by atoms with Gasteiger partial charge in [0, 0.05) is 37.0 Å². The Morgan fingerprint density at radius 2 is 2.00 bits per heavy atom. The van der Waals surface area contributed by atoms with Crippen molar-refractivity contribution in [2.45, 2.75) is 63.1 Å². The van der Waals surface area contributed by atoms with Crippen molar-refractivity contribution in [1.82, 2.24) is 10.3 Å². The number of nitrogens with two attached hydrogens (primary N) is 1. The quantitative estimate of drug-likeness (QED) is 0.627. The molecule has 38 heavy (non-hydrogen) atoms. The summed E-state index contributed by atoms with van der Waals surface area (Å²) in [5.41, 5.74) is 9.92. The van der Waals surface area contributed by atoms with Crippen LogP contribution in [0.2, 0.25) is 0 Å². The maximum absolute atomic E-state index is 13.7. The molecular weight excluding hydrogens is 490 g/mol. The van der Waals surface area contributed by atoms with Crippen LogP contribution in [0.1, 0.15) is 66.2 Å². The van der Waals surface area contributed by atoms with E-state index < -0.39 is 17.3 Å². The first kappa shape index (κ1) is 25.6. The fourth-order valence-electron chi connectivity index (χ4n) is 6.86. The number of halogens is 2. The van der Waals surface area contributed by atoms with Crippen molar-refractivity contribution < 1.29 is 23.0 Å². The number of ether oxygens (including phenoxy) is 2. The van der Waals surface area contributed by atoms with E-state index in [0.29, 0.717) is 32.3 Å². The Morgan fingerprint density at radius 1 is 1.18 bits per heavy atom. The fourth-order valence-corrected chi connectivity index (χ4v) is 6.86. The van der Waals surface area contributed by atoms with Gasteiger partial charge in [0.05, 0.1) is 31.8 Å². The molecule has 1 saturated carbocycles. The molecule has 4 atom stereocenters. The second-order valence-corrected chi connectivity index (χ2v) is 11.9. The summed E-state index contributed by atoms with van der Waals surface area (Å²) in [6.07, 6.45) is 4.77. The summed E-state index contributed by atoms with van der Waals surface area (Å²) < 4.78 is 39.0. The Balaban J connectivity index is 1.22. The van der Waals surface area contributed by atoms with Crippen molar-refractivity contribution in [2.24, 2.45) is 17.1 Å². The highest BCUT2D eigenvalue weighted by Crippen LogP contribution is 2.51. The molecule has 0 bridgehead atoms. The Kier molecular flexibility index (Phi) is 6.24. The third-order valence-electron chi connectivity index (χ3n) is 9.30. The van der Waals surface area contributed by atoms with E-state index >= 15 is 0 Å². The second kappa shape index (κ2) is 9.24. The Hall–Kier alpha value is -2.62. The van der Waals surface area contributed by atoms with Gasteiger partial charge in [0.1, 0.15) is 11.4 Å². The van der Waals surface area contributed by atoms with E-state index in [-0.39, 0.29) is 28.8 Å². The average Bonchev–Trinajstić information content (AvgIpc) is 2.87. The lowest BCUT2D eigenvalue weighted by atomic mass is 9.65. The number of hydrogen-bond donors (Lipinski definition) is 2. The zero-order valence-corrected chi connectivity index (χ0v) is 22.0. The molecule has 0 radical (unpaired) electrons. The van der Waals surface area contributed by atoms with Crippen LogP contribution in [0, 0.1) is 11.3 Å². The van der Waals surface area contributed by atoms with Gasteiger partial charge in [-0.3, -0.25) is 9.78 Å². The summed E-state index contributed by atoms with van der Waals surface area (Å²) in [5, 5.41) is 3.10. The SMILES string of the molecule is CC1CCC(NC(=O)c2ccnc(C(C)(F)F)c2)CC1c1ccc2c(c1)N1CCOC[C@]1(N)C1(COC1)C2. The normalized spacial score (nSPS) is 30.2. The number of benzene rings is 1. The number of hydrogen-bond acceptors (Lipinski definition) is 6. The number of carbonyl (C=O) groups is 1. The van der Waals surface area contributed by atoms with E-state index in [4.69, 9.17) is 15.2 Å². The molecule has 3 aliphatic heterocycles. The van der Waals surface area contributed by atoms with Gasteiger partial charge in [0.15, 0.2) is 0 Å². The summed E-state index contributed by atoms with van der Waals surface area (Å²) in [7, 11) is 0. The van der Waals surface area contributed by atoms with Crippen molar-refractivity contribution >= 4 is 11.6 Å². The maximum atomic E-state index is 13.7. The number of nitrogens with zero attached hydrogens (tertiary/aromatic N) is 2. The number of fused-ring (bicyclic) bond motifs is 4. The minimum atomic E-state index is -3.10. The largest absolute Gasteiger partial charge is 0.380 e. The van der Waals surface area contributed by atoms with E-state index in [9.17, 15) is 13.6 Å². The highest BCUT2D eigenvalue weighted by molar-refractivity contribution is 5.94. The van der Waals surface area contributed by atoms with Crippen molar-refractivity contribution in [3.05, 3.63) is 58.9 Å². The van der Waals surface area contributed by atoms with Gasteiger partial charge < -0.3 is 25.4 Å². The third-order valence-corrected chi connectivity index (χ3v) is 9.30. The van der Waals surface area contributed by atoms with Crippen molar-refractivity contribution in [3.8, 4) is 0 Å². The standard InChI is InChI=1S/C29H36F2N4O3/c1-18-3-6-22(34-26(36)20-7-8-33-25(12-20)27(2,30)31)13-23(18)19-4-5-21-14-28(15-38-16-28)29(32)17-37-10-9-35(29)24(21)11-19/h4-5,7-8,11-12,18,22-23H,3,6,9-10,13-17,32H2,1-2H3,(H,34,36)/t18?,22?,23?,29-/m1/s1. The molecule has 1 amide bonds. The van der Waals surface area contributed by atoms with E-state index in [1.807, 2.05) is 0 Å². The molecule has 9 heteroatoms. The Morgan fingerprint density at radius 3 is 2.74 bits per heavy atom. The number of alkyl halides is 2. The molecule has 4 aliphatic rings. The number of amides is 1. The first-order chi connectivity index (χ1) is 18.1. The van der Waals surface area contributed by atoms with Crippen molar-refractivity contribution in [3.63, 3.8) is 0 Å². The van der Waals surface area contributed by atoms with Gasteiger partial charge in [0.2, 0.25) is 0 Å². The first-order valence-corrected chi connectivity index (χ1v) is 13.6. The number of nitrogens with one attached hydrogen (secondary N) is 1. The number of rotatable bonds is 4. The lowest BCUT2D eigenvalue weighted by molar-refractivity contribution is -0.179. The topological polar surface area (TPSA) is 89.7 Å². The van der Waals surface area contributed by atoms with E-state index in [1.54, 1.807) is 0 Å². The molecule has 7 nitrogen and oxygen atoms in total. The Labute approximate surface area is 222 Å². The molecule has 1 aliphatic carbocycles. The molecule has 204 valence electrons. The Bertz CT molecular complexity index is 1230. The van der Waals surface area contributed by atoms with Crippen molar-refractivity contribution in [1.29, 1.82) is 0 Å². The van der Waals surface area contributed by atoms with Crippen LogP contribution in [0.5, 0.6) is 0 Å². The van der Waals surface area contributed by atoms with Gasteiger partial charge >= 0.3 is 0 Å². The van der Waals surface area contributed by atoms with Gasteiger partial charge in [-0.15, -0.1) is 0 Å². The van der Waals surface area contributed by atoms with E-state index in [1.165, 1.54) is 35.1 Å². The van der Waals surface area contributed by atoms with Gasteiger partial charge in [0.25, 0.3) is 11.8 Å². The maximum Gasteiger partial charge on any atom is 0.286 e. The van der Waals surface area contributed by atoms with E-state index in [0.717, 1.165) is 39.2 Å². The predicted molar refractivity (Wildman–Crippen MR) is 139 cm³/mol. The summed E-state index contributed by atoms with van der Waals surface area (Å²) in [4.78, 5) is 19.0. The van der Waals surface area contributed by atoms with Gasteiger partial charge in [-0.25, -0.2) is 0 Å². The zero-order valence-electron chi connectivity index (χ0n) is 22.0. The summed E-state index contributed by atoms with van der Waals surface area (Å²) in [5.74, 6) is -2.71. The molecule has 1 spiro atoms. The smallest absolute Gasteiger partial charge is 0.286 e. The minimum Gasteiger partial charge on any atom is -0.380 e. The van der Waals surface area contributed by atoms with Crippen LogP contribution >= 0.6 is 0 Å². The average molecular weight is 527 g/mol. The lowest BCUT2D eigenvalue weighted by Crippen LogP contribution is -2.79. The van der Waals surface area contributed by atoms with Crippen LogP contribution < -0.4 is 16.0 Å². The predicted octanol–water partition coefficient (Wildman–Crippen LogP) is 3.96. The number of pyridine rings is 1. The molecule has 6 rings (SSSR count). The number of anilines is 1. The highest BCUT2D eigenvalue weighted by Gasteiger charge is 2.61. The van der Waals surface area contributed by atoms with Crippen LogP contribution in [0.15, 0.2) is 36.5 Å². The number of carbonyl (C=O) groups excluding carboxylic acids is 1. The van der Waals surface area contributed by atoms with Crippen LogP contribution in [0.25, 0.3) is 0 Å². The molecule has 3 unspecified atom stereocenters. The minimum absolute atomic E-state index is 0.0362. The van der Waals surface area contributed by atoms with E-state index in [2.05, 4.69) is 40.3 Å². The molecule has 2 saturated heterocycles. The first-order valence-electron chi connectivity index (χ1n) is 13.6. The molecule has 3 fully saturated rings. The summed E-state index contributed by atoms with van der Waals surface area (Å²) >= 11 is 0. The summed E-state index contributed by atoms with van der Waals surface area (Å²) in [6, 6.07) is 9.42. The van der Waals surface area contributed by atoms with Crippen molar-refractivity contribution in [2.75, 3.05) is 37.9 Å². The van der Waals surface area contributed by atoms with Gasteiger partial charge in [-0.05, 0) is 66.8 Å². The van der Waals surface area contributed by atoms with Crippen LogP contribution in [-0.4, -0.2) is 55.6 Å². The van der Waals surface area contributed by atoms with Crippen LogP contribution in [0.4, 0.5) is 14.5 Å². The molecule has 2 aromatic rings. The molecule has 3 N–H and O–H groups in total. The monoisotopic (exact) mass is 526 g/mol. The zero-order chi connectivity index (χ0) is 26.7. The summed E-state index contributed by atoms with van der Waals surface area (Å²) in [6.45, 7) is 6.25. The number of morpholine rings is 1. The lowest BCUT2D eigenvalue weighted by Gasteiger charge is -2.62. The third kappa shape index (κ3) is 4.19. The van der Waals surface area contributed by atoms with Crippen LogP contribution in [0.3, 0.4) is 0 Å². The van der Waals surface area contributed by atoms with Crippen LogP contribution in [-0.2, 0) is 21.8 Å². The van der Waals surface area contributed by atoms with Gasteiger partial charge in [-0.2, -0.15) is 8.78 Å². The van der Waals surface area contributed by atoms with Gasteiger partial charge in [-0.1, -0.05) is 19.1 Å².